The fraction of sp³-hybridized carbons (Fsp3) is 0.632. The number of carbonyl (C=O) groups excluding carboxylic acids is 1. The van der Waals surface area contributed by atoms with Crippen molar-refractivity contribution in [3.63, 3.8) is 0 Å². The maximum atomic E-state index is 12.3. The van der Waals surface area contributed by atoms with Gasteiger partial charge in [0.1, 0.15) is 5.75 Å². The summed E-state index contributed by atoms with van der Waals surface area (Å²) in [7, 11) is 0. The van der Waals surface area contributed by atoms with Crippen LogP contribution >= 0.6 is 11.8 Å². The van der Waals surface area contributed by atoms with Gasteiger partial charge in [0.15, 0.2) is 6.10 Å². The summed E-state index contributed by atoms with van der Waals surface area (Å²) in [6.07, 6.45) is 6.70. The van der Waals surface area contributed by atoms with E-state index >= 15 is 0 Å². The molecular formula is C19H29NO2S. The molecular weight excluding hydrogens is 306 g/mol. The minimum Gasteiger partial charge on any atom is -0.481 e. The zero-order valence-corrected chi connectivity index (χ0v) is 15.2. The summed E-state index contributed by atoms with van der Waals surface area (Å²) < 4.78 is 5.84. The monoisotopic (exact) mass is 335 g/mol. The zero-order chi connectivity index (χ0) is 16.5. The molecule has 0 radical (unpaired) electrons. The van der Waals surface area contributed by atoms with Crippen LogP contribution in [-0.2, 0) is 11.2 Å². The van der Waals surface area contributed by atoms with Gasteiger partial charge < -0.3 is 10.1 Å². The van der Waals surface area contributed by atoms with Crippen molar-refractivity contribution in [3.8, 4) is 5.75 Å². The second-order valence-corrected chi connectivity index (χ2v) is 7.49. The quantitative estimate of drug-likeness (QED) is 0.687. The number of aryl methyl sites for hydroxylation is 1. The summed E-state index contributed by atoms with van der Waals surface area (Å²) >= 11 is 2.00. The molecule has 1 aliphatic rings. The lowest BCUT2D eigenvalue weighted by Crippen LogP contribution is -2.39. The van der Waals surface area contributed by atoms with Gasteiger partial charge in [0.2, 0.25) is 0 Å². The van der Waals surface area contributed by atoms with Crippen LogP contribution in [0.1, 0.15) is 51.5 Å². The van der Waals surface area contributed by atoms with Crippen LogP contribution in [-0.4, -0.2) is 29.6 Å². The summed E-state index contributed by atoms with van der Waals surface area (Å²) in [4.78, 5) is 12.3. The molecule has 4 heteroatoms. The maximum Gasteiger partial charge on any atom is 0.261 e. The van der Waals surface area contributed by atoms with Gasteiger partial charge in [0.05, 0.1) is 0 Å². The summed E-state index contributed by atoms with van der Waals surface area (Å²) in [5.41, 5.74) is 1.28. The van der Waals surface area contributed by atoms with Crippen molar-refractivity contribution in [1.82, 2.24) is 5.32 Å². The molecule has 0 heterocycles. The minimum absolute atomic E-state index is 0.000843. The Labute approximate surface area is 144 Å². The Balaban J connectivity index is 1.71. The molecule has 1 aliphatic carbocycles. The van der Waals surface area contributed by atoms with E-state index in [-0.39, 0.29) is 5.91 Å². The first kappa shape index (κ1) is 18.2. The van der Waals surface area contributed by atoms with Gasteiger partial charge in [-0.25, -0.2) is 0 Å². The van der Waals surface area contributed by atoms with Crippen LogP contribution in [0.4, 0.5) is 0 Å². The topological polar surface area (TPSA) is 38.3 Å². The van der Waals surface area contributed by atoms with Crippen LogP contribution in [0.15, 0.2) is 24.3 Å². The third-order valence-electron chi connectivity index (χ3n) is 4.33. The van der Waals surface area contributed by atoms with Gasteiger partial charge in [-0.05, 0) is 43.4 Å². The Morgan fingerprint density at radius 1 is 1.26 bits per heavy atom. The molecule has 128 valence electrons. The van der Waals surface area contributed by atoms with Gasteiger partial charge in [-0.3, -0.25) is 4.79 Å². The number of rotatable bonds is 9. The highest BCUT2D eigenvalue weighted by molar-refractivity contribution is 7.99. The molecule has 3 nitrogen and oxygen atoms in total. The highest BCUT2D eigenvalue weighted by Gasteiger charge is 2.19. The van der Waals surface area contributed by atoms with Crippen molar-refractivity contribution in [1.29, 1.82) is 0 Å². The van der Waals surface area contributed by atoms with Gasteiger partial charge in [0, 0.05) is 17.5 Å². The standard InChI is InChI=1S/C19H29NO2S/c1-3-15-9-11-16(12-10-15)22-18(4-2)19(21)20-13-14-23-17-7-5-6-8-17/h9-12,17-18H,3-8,13-14H2,1-2H3,(H,20,21). The maximum absolute atomic E-state index is 12.3. The Bertz CT molecular complexity index is 469. The van der Waals surface area contributed by atoms with E-state index in [9.17, 15) is 4.79 Å². The molecule has 1 fully saturated rings. The van der Waals surface area contributed by atoms with Crippen LogP contribution in [0.5, 0.6) is 5.75 Å². The molecule has 0 aliphatic heterocycles. The number of benzene rings is 1. The molecule has 1 atom stereocenters. The largest absolute Gasteiger partial charge is 0.481 e. The predicted molar refractivity (Wildman–Crippen MR) is 98.3 cm³/mol. The number of thioether (sulfide) groups is 1. The number of ether oxygens (including phenoxy) is 1. The third kappa shape index (κ3) is 6.09. The molecule has 1 N–H and O–H groups in total. The molecule has 1 amide bonds. The molecule has 1 unspecified atom stereocenters. The molecule has 0 spiro atoms. The Kier molecular flexibility index (Phi) is 7.80. The van der Waals surface area contributed by atoms with E-state index in [0.717, 1.165) is 29.7 Å². The molecule has 0 bridgehead atoms. The highest BCUT2D eigenvalue weighted by Crippen LogP contribution is 2.28. The van der Waals surface area contributed by atoms with Crippen LogP contribution in [0.2, 0.25) is 0 Å². The Hall–Kier alpha value is -1.16. The lowest BCUT2D eigenvalue weighted by molar-refractivity contribution is -0.127. The van der Waals surface area contributed by atoms with Crippen molar-refractivity contribution in [2.24, 2.45) is 0 Å². The van der Waals surface area contributed by atoms with Crippen LogP contribution in [0.3, 0.4) is 0 Å². The van der Waals surface area contributed by atoms with Crippen molar-refractivity contribution >= 4 is 17.7 Å². The van der Waals surface area contributed by atoms with Crippen molar-refractivity contribution in [2.45, 2.75) is 63.7 Å². The molecule has 23 heavy (non-hydrogen) atoms. The number of hydrogen-bond donors (Lipinski definition) is 1. The SMILES string of the molecule is CCc1ccc(OC(CC)C(=O)NCCSC2CCCC2)cc1. The molecule has 1 aromatic rings. The number of nitrogens with one attached hydrogen (secondary N) is 1. The van der Waals surface area contributed by atoms with Gasteiger partial charge >= 0.3 is 0 Å². The zero-order valence-electron chi connectivity index (χ0n) is 14.3. The van der Waals surface area contributed by atoms with E-state index in [4.69, 9.17) is 4.74 Å². The highest BCUT2D eigenvalue weighted by atomic mass is 32.2. The van der Waals surface area contributed by atoms with Crippen molar-refractivity contribution < 1.29 is 9.53 Å². The van der Waals surface area contributed by atoms with Crippen molar-refractivity contribution in [2.75, 3.05) is 12.3 Å². The Morgan fingerprint density at radius 3 is 2.57 bits per heavy atom. The molecule has 0 aromatic heterocycles. The van der Waals surface area contributed by atoms with E-state index in [0.29, 0.717) is 6.42 Å². The molecule has 1 aromatic carbocycles. The fourth-order valence-corrected chi connectivity index (χ4v) is 4.08. The number of amides is 1. The first-order valence-electron chi connectivity index (χ1n) is 8.87. The summed E-state index contributed by atoms with van der Waals surface area (Å²) in [5.74, 6) is 1.77. The first-order valence-corrected chi connectivity index (χ1v) is 9.92. The van der Waals surface area contributed by atoms with Crippen LogP contribution in [0.25, 0.3) is 0 Å². The van der Waals surface area contributed by atoms with E-state index < -0.39 is 6.10 Å². The fourth-order valence-electron chi connectivity index (χ4n) is 2.86. The van der Waals surface area contributed by atoms with Gasteiger partial charge in [-0.1, -0.05) is 38.8 Å². The molecule has 0 saturated heterocycles. The van der Waals surface area contributed by atoms with Gasteiger partial charge in [0.25, 0.3) is 5.91 Å². The van der Waals surface area contributed by atoms with Crippen LogP contribution in [0, 0.1) is 0 Å². The Morgan fingerprint density at radius 2 is 1.96 bits per heavy atom. The van der Waals surface area contributed by atoms with Crippen molar-refractivity contribution in [3.05, 3.63) is 29.8 Å². The minimum atomic E-state index is -0.404. The van der Waals surface area contributed by atoms with Gasteiger partial charge in [-0.2, -0.15) is 11.8 Å². The summed E-state index contributed by atoms with van der Waals surface area (Å²) in [6.45, 7) is 4.84. The average molecular weight is 336 g/mol. The normalized spacial score (nSPS) is 16.3. The first-order chi connectivity index (χ1) is 11.2. The lowest BCUT2D eigenvalue weighted by Gasteiger charge is -2.18. The average Bonchev–Trinajstić information content (AvgIpc) is 3.10. The van der Waals surface area contributed by atoms with Gasteiger partial charge in [-0.15, -0.1) is 0 Å². The van der Waals surface area contributed by atoms with E-state index in [2.05, 4.69) is 24.4 Å². The van der Waals surface area contributed by atoms with E-state index in [1.54, 1.807) is 0 Å². The van der Waals surface area contributed by atoms with Crippen LogP contribution < -0.4 is 10.1 Å². The van der Waals surface area contributed by atoms with E-state index in [1.807, 2.05) is 30.8 Å². The molecule has 2 rings (SSSR count). The third-order valence-corrected chi connectivity index (χ3v) is 5.71. The summed E-state index contributed by atoms with van der Waals surface area (Å²) in [6, 6.07) is 8.01. The number of carbonyl (C=O) groups is 1. The number of hydrogen-bond acceptors (Lipinski definition) is 3. The summed E-state index contributed by atoms with van der Waals surface area (Å²) in [5, 5.41) is 3.82. The van der Waals surface area contributed by atoms with E-state index in [1.165, 1.54) is 31.2 Å². The second-order valence-electron chi connectivity index (χ2n) is 6.08. The molecule has 1 saturated carbocycles. The smallest absolute Gasteiger partial charge is 0.261 e. The lowest BCUT2D eigenvalue weighted by atomic mass is 10.2. The predicted octanol–water partition coefficient (Wildman–Crippen LogP) is 4.20. The second kappa shape index (κ2) is 9.86.